The highest BCUT2D eigenvalue weighted by Gasteiger charge is 2.45. The van der Waals surface area contributed by atoms with Gasteiger partial charge in [-0.3, -0.25) is 4.57 Å². The number of imidazole rings is 1. The van der Waals surface area contributed by atoms with Gasteiger partial charge in [-0.1, -0.05) is 23.7 Å². The summed E-state index contributed by atoms with van der Waals surface area (Å²) in [5, 5.41) is 21.7. The number of nitrogens with zero attached hydrogens (tertiary/aromatic N) is 4. The molecule has 0 saturated carbocycles. The average Bonchev–Trinajstić information content (AvgIpc) is 3.35. The van der Waals surface area contributed by atoms with Crippen LogP contribution in [-0.4, -0.2) is 61.3 Å². The number of rotatable bonds is 5. The van der Waals surface area contributed by atoms with Crippen molar-refractivity contribution < 1.29 is 28.5 Å². The van der Waals surface area contributed by atoms with E-state index in [0.29, 0.717) is 29.2 Å². The van der Waals surface area contributed by atoms with Gasteiger partial charge in [0.1, 0.15) is 30.2 Å². The number of benzene rings is 1. The molecule has 5 rings (SSSR count). The number of hydrogen-bond acceptors (Lipinski definition) is 10. The van der Waals surface area contributed by atoms with Gasteiger partial charge in [0.2, 0.25) is 0 Å². The highest BCUT2D eigenvalue weighted by atomic mass is 35.5. The number of aliphatic hydroxyl groups is 2. The lowest BCUT2D eigenvalue weighted by molar-refractivity contribution is -0.0529. The van der Waals surface area contributed by atoms with E-state index in [1.807, 2.05) is 18.2 Å². The normalized spacial score (nSPS) is 30.7. The monoisotopic (exact) mass is 481 g/mol. The fourth-order valence-corrected chi connectivity index (χ4v) is 5.06. The van der Waals surface area contributed by atoms with Crippen LogP contribution < -0.4 is 5.73 Å². The van der Waals surface area contributed by atoms with E-state index >= 15 is 0 Å². The SMILES string of the molecule is Nc1ncnc2c1ncn2[C@@H]1O[C@H](CO[P@]2OCC[C@H](c3cccc(Cl)c3)O2)[C@@H](O)[C@H]1O. The van der Waals surface area contributed by atoms with Gasteiger partial charge in [-0.2, -0.15) is 0 Å². The summed E-state index contributed by atoms with van der Waals surface area (Å²) in [6.45, 7) is 0.427. The molecule has 4 heterocycles. The summed E-state index contributed by atoms with van der Waals surface area (Å²) in [5.74, 6) is 0.213. The van der Waals surface area contributed by atoms with Crippen LogP contribution in [0.4, 0.5) is 5.82 Å². The van der Waals surface area contributed by atoms with Crippen molar-refractivity contribution in [3.8, 4) is 0 Å². The third kappa shape index (κ3) is 4.18. The maximum Gasteiger partial charge on any atom is 0.333 e. The summed E-state index contributed by atoms with van der Waals surface area (Å²) >= 11 is 6.08. The maximum atomic E-state index is 10.6. The smallest absolute Gasteiger partial charge is 0.333 e. The molecule has 0 unspecified atom stereocenters. The molecule has 6 atom stereocenters. The van der Waals surface area contributed by atoms with Gasteiger partial charge in [0, 0.05) is 11.4 Å². The number of nitrogen functional groups attached to an aromatic ring is 1. The zero-order chi connectivity index (χ0) is 22.2. The Labute approximate surface area is 189 Å². The molecule has 13 heteroatoms. The molecule has 1 aromatic carbocycles. The first-order chi connectivity index (χ1) is 15.5. The molecular formula is C19H21ClN5O6P. The molecule has 0 amide bonds. The van der Waals surface area contributed by atoms with E-state index in [4.69, 9.17) is 35.6 Å². The van der Waals surface area contributed by atoms with Gasteiger partial charge in [0.05, 0.1) is 25.6 Å². The van der Waals surface area contributed by atoms with Gasteiger partial charge < -0.3 is 34.3 Å². The summed E-state index contributed by atoms with van der Waals surface area (Å²) in [6.07, 6.45) is -0.950. The fraction of sp³-hybridized carbons (Fsp3) is 0.421. The largest absolute Gasteiger partial charge is 0.387 e. The number of ether oxygens (including phenoxy) is 1. The maximum absolute atomic E-state index is 10.6. The topological polar surface area (TPSA) is 147 Å². The van der Waals surface area contributed by atoms with Crippen molar-refractivity contribution in [3.05, 3.63) is 47.5 Å². The third-order valence-electron chi connectivity index (χ3n) is 5.35. The minimum Gasteiger partial charge on any atom is -0.387 e. The first-order valence-electron chi connectivity index (χ1n) is 9.94. The predicted molar refractivity (Wildman–Crippen MR) is 114 cm³/mol. The van der Waals surface area contributed by atoms with Crippen LogP contribution in [0.15, 0.2) is 36.9 Å². The van der Waals surface area contributed by atoms with Crippen molar-refractivity contribution in [3.63, 3.8) is 0 Å². The van der Waals surface area contributed by atoms with Gasteiger partial charge in [0.15, 0.2) is 17.7 Å². The molecule has 4 N–H and O–H groups in total. The molecule has 11 nitrogen and oxygen atoms in total. The van der Waals surface area contributed by atoms with Crippen molar-refractivity contribution in [1.82, 2.24) is 19.5 Å². The van der Waals surface area contributed by atoms with Crippen molar-refractivity contribution >= 4 is 37.2 Å². The molecule has 2 aliphatic heterocycles. The van der Waals surface area contributed by atoms with Gasteiger partial charge in [-0.05, 0) is 17.7 Å². The Bertz CT molecular complexity index is 1110. The quantitative estimate of drug-likeness (QED) is 0.463. The predicted octanol–water partition coefficient (Wildman–Crippen LogP) is 2.10. The third-order valence-corrected chi connectivity index (χ3v) is 6.77. The molecule has 0 bridgehead atoms. The molecule has 170 valence electrons. The molecule has 2 aromatic heterocycles. The lowest BCUT2D eigenvalue weighted by Gasteiger charge is -2.29. The molecule has 0 aliphatic carbocycles. The second-order valence-corrected chi connectivity index (χ2v) is 9.03. The van der Waals surface area contributed by atoms with Crippen molar-refractivity contribution in [2.24, 2.45) is 0 Å². The summed E-state index contributed by atoms with van der Waals surface area (Å²) in [7, 11) is -1.66. The van der Waals surface area contributed by atoms with Crippen LogP contribution in [-0.2, 0) is 18.3 Å². The molecule has 2 saturated heterocycles. The summed E-state index contributed by atoms with van der Waals surface area (Å²) in [4.78, 5) is 12.2. The Balaban J connectivity index is 1.24. The first kappa shape index (κ1) is 21.9. The fourth-order valence-electron chi connectivity index (χ4n) is 3.71. The molecule has 3 aromatic rings. The van der Waals surface area contributed by atoms with Crippen LogP contribution >= 0.6 is 20.2 Å². The summed E-state index contributed by atoms with van der Waals surface area (Å²) in [6, 6.07) is 7.45. The molecule has 2 fully saturated rings. The standard InChI is InChI=1S/C19H21ClN5O6P/c20-11-3-1-2-10(6-11)12-4-5-28-32(31-12)29-7-13-15(26)16(27)19(30-13)25-9-24-14-17(21)22-8-23-18(14)25/h1-3,6,8-9,12-13,15-16,19,26-27H,4-5,7H2,(H2,21,22,23)/t12-,13-,15-,16-,19-,32+/m1/s1. The van der Waals surface area contributed by atoms with E-state index in [0.717, 1.165) is 5.56 Å². The Morgan fingerprint density at radius 2 is 2.12 bits per heavy atom. The Morgan fingerprint density at radius 3 is 2.97 bits per heavy atom. The zero-order valence-electron chi connectivity index (χ0n) is 16.7. The highest BCUT2D eigenvalue weighted by molar-refractivity contribution is 7.41. The lowest BCUT2D eigenvalue weighted by atomic mass is 10.1. The van der Waals surface area contributed by atoms with Gasteiger partial charge >= 0.3 is 8.60 Å². The first-order valence-corrected chi connectivity index (χ1v) is 11.4. The van der Waals surface area contributed by atoms with E-state index in [1.54, 1.807) is 6.07 Å². The molecule has 32 heavy (non-hydrogen) atoms. The average molecular weight is 482 g/mol. The van der Waals surface area contributed by atoms with Crippen LogP contribution in [0.1, 0.15) is 24.3 Å². The summed E-state index contributed by atoms with van der Waals surface area (Å²) < 4.78 is 24.7. The number of hydrogen-bond donors (Lipinski definition) is 3. The molecule has 2 aliphatic rings. The highest BCUT2D eigenvalue weighted by Crippen LogP contribution is 2.50. The minimum atomic E-state index is -1.66. The number of aromatic nitrogens is 4. The minimum absolute atomic E-state index is 0.0353. The lowest BCUT2D eigenvalue weighted by Crippen LogP contribution is -2.33. The van der Waals surface area contributed by atoms with Crippen LogP contribution in [0.2, 0.25) is 5.02 Å². The number of fused-ring (bicyclic) bond motifs is 1. The van der Waals surface area contributed by atoms with E-state index in [-0.39, 0.29) is 18.5 Å². The van der Waals surface area contributed by atoms with Crippen LogP contribution in [0.5, 0.6) is 0 Å². The number of nitrogens with two attached hydrogens (primary N) is 1. The summed E-state index contributed by atoms with van der Waals surface area (Å²) in [5.41, 5.74) is 7.54. The molecular weight excluding hydrogens is 461 g/mol. The Kier molecular flexibility index (Phi) is 6.24. The van der Waals surface area contributed by atoms with E-state index in [9.17, 15) is 10.2 Å². The number of halogens is 1. The second kappa shape index (κ2) is 9.12. The zero-order valence-corrected chi connectivity index (χ0v) is 18.3. The molecule has 0 spiro atoms. The van der Waals surface area contributed by atoms with Crippen molar-refractivity contribution in [2.45, 2.75) is 37.1 Å². The molecule has 0 radical (unpaired) electrons. The number of anilines is 1. The Hall–Kier alpha value is -1.95. The van der Waals surface area contributed by atoms with E-state index < -0.39 is 33.1 Å². The van der Waals surface area contributed by atoms with Crippen LogP contribution in [0, 0.1) is 0 Å². The van der Waals surface area contributed by atoms with Gasteiger partial charge in [0.25, 0.3) is 0 Å². The van der Waals surface area contributed by atoms with Crippen molar-refractivity contribution in [1.29, 1.82) is 0 Å². The van der Waals surface area contributed by atoms with Crippen molar-refractivity contribution in [2.75, 3.05) is 18.9 Å². The second-order valence-electron chi connectivity index (χ2n) is 7.42. The van der Waals surface area contributed by atoms with Crippen LogP contribution in [0.25, 0.3) is 11.2 Å². The van der Waals surface area contributed by atoms with Gasteiger partial charge in [-0.25, -0.2) is 15.0 Å². The number of aliphatic hydroxyl groups excluding tert-OH is 2. The van der Waals surface area contributed by atoms with Crippen LogP contribution in [0.3, 0.4) is 0 Å². The van der Waals surface area contributed by atoms with Gasteiger partial charge in [-0.15, -0.1) is 0 Å². The Morgan fingerprint density at radius 1 is 1.25 bits per heavy atom. The van der Waals surface area contributed by atoms with E-state index in [1.165, 1.54) is 17.2 Å². The van der Waals surface area contributed by atoms with E-state index in [2.05, 4.69) is 15.0 Å².